The highest BCUT2D eigenvalue weighted by Crippen LogP contribution is 2.23. The summed E-state index contributed by atoms with van der Waals surface area (Å²) >= 11 is 1.13. The van der Waals surface area contributed by atoms with Crippen LogP contribution in [0.15, 0.2) is 11.4 Å². The third kappa shape index (κ3) is 3.88. The Morgan fingerprint density at radius 1 is 1.62 bits per heavy atom. The van der Waals surface area contributed by atoms with Crippen molar-refractivity contribution in [3.05, 3.63) is 27.1 Å². The monoisotopic (exact) mass is 244 g/mol. The first kappa shape index (κ1) is 13.1. The maximum absolute atomic E-state index is 10.5. The van der Waals surface area contributed by atoms with Crippen LogP contribution in [0.2, 0.25) is 0 Å². The van der Waals surface area contributed by atoms with Crippen molar-refractivity contribution < 1.29 is 10.0 Å². The average Bonchev–Trinajstić information content (AvgIpc) is 2.63. The minimum Gasteiger partial charge on any atom is -0.396 e. The molecule has 0 radical (unpaired) electrons. The second-order valence-corrected chi connectivity index (χ2v) is 5.15. The molecule has 6 heteroatoms. The number of nitro groups is 1. The van der Waals surface area contributed by atoms with Crippen molar-refractivity contribution in [2.24, 2.45) is 0 Å². The topological polar surface area (TPSA) is 75.4 Å². The largest absolute Gasteiger partial charge is 0.396 e. The van der Waals surface area contributed by atoms with Crippen molar-refractivity contribution in [2.45, 2.75) is 32.4 Å². The van der Waals surface area contributed by atoms with E-state index in [-0.39, 0.29) is 22.1 Å². The molecule has 1 aromatic heterocycles. The first-order chi connectivity index (χ1) is 7.44. The summed E-state index contributed by atoms with van der Waals surface area (Å²) in [5.41, 5.74) is 0.744. The van der Waals surface area contributed by atoms with Gasteiger partial charge in [0.25, 0.3) is 0 Å². The summed E-state index contributed by atoms with van der Waals surface area (Å²) in [6.45, 7) is 4.69. The number of hydrogen-bond donors (Lipinski definition) is 2. The van der Waals surface area contributed by atoms with Crippen molar-refractivity contribution in [3.8, 4) is 0 Å². The Bertz CT molecular complexity index is 363. The van der Waals surface area contributed by atoms with Gasteiger partial charge in [-0.15, -0.1) is 0 Å². The highest BCUT2D eigenvalue weighted by molar-refractivity contribution is 7.13. The lowest BCUT2D eigenvalue weighted by molar-refractivity contribution is -0.380. The van der Waals surface area contributed by atoms with E-state index in [1.807, 2.05) is 13.8 Å². The van der Waals surface area contributed by atoms with Gasteiger partial charge >= 0.3 is 5.00 Å². The van der Waals surface area contributed by atoms with Crippen LogP contribution in [0.3, 0.4) is 0 Å². The maximum atomic E-state index is 10.5. The van der Waals surface area contributed by atoms with Gasteiger partial charge in [0, 0.05) is 30.1 Å². The molecule has 0 fully saturated rings. The van der Waals surface area contributed by atoms with Crippen LogP contribution in [0.5, 0.6) is 0 Å². The van der Waals surface area contributed by atoms with E-state index in [1.165, 1.54) is 0 Å². The van der Waals surface area contributed by atoms with Crippen molar-refractivity contribution in [1.82, 2.24) is 5.32 Å². The van der Waals surface area contributed by atoms with Crippen LogP contribution in [0, 0.1) is 10.1 Å². The molecule has 1 aromatic rings. The molecule has 0 atom stereocenters. The van der Waals surface area contributed by atoms with Crippen LogP contribution in [0.4, 0.5) is 5.00 Å². The van der Waals surface area contributed by atoms with E-state index in [1.54, 1.807) is 11.4 Å². The molecule has 0 saturated carbocycles. The molecule has 0 saturated heterocycles. The summed E-state index contributed by atoms with van der Waals surface area (Å²) in [5, 5.41) is 24.5. The Labute approximate surface area is 98.3 Å². The smallest absolute Gasteiger partial charge is 0.324 e. The highest BCUT2D eigenvalue weighted by Gasteiger charge is 2.17. The molecule has 0 amide bonds. The van der Waals surface area contributed by atoms with E-state index in [9.17, 15) is 10.1 Å². The van der Waals surface area contributed by atoms with Crippen LogP contribution in [0.25, 0.3) is 0 Å². The molecule has 0 unspecified atom stereocenters. The molecule has 5 nitrogen and oxygen atoms in total. The quantitative estimate of drug-likeness (QED) is 0.592. The lowest BCUT2D eigenvalue weighted by atomic mass is 10.0. The summed E-state index contributed by atoms with van der Waals surface area (Å²) in [6.07, 6.45) is 0.652. The minimum atomic E-state index is -0.382. The van der Waals surface area contributed by atoms with E-state index >= 15 is 0 Å². The molecule has 16 heavy (non-hydrogen) atoms. The zero-order valence-electron chi connectivity index (χ0n) is 9.40. The number of rotatable bonds is 6. The van der Waals surface area contributed by atoms with Gasteiger partial charge in [-0.25, -0.2) is 0 Å². The van der Waals surface area contributed by atoms with Crippen LogP contribution in [0.1, 0.15) is 25.8 Å². The number of nitrogens with one attached hydrogen (secondary N) is 1. The molecular weight excluding hydrogens is 228 g/mol. The number of nitrogens with zero attached hydrogens (tertiary/aromatic N) is 1. The van der Waals surface area contributed by atoms with Gasteiger partial charge in [-0.2, -0.15) is 0 Å². The summed E-state index contributed by atoms with van der Waals surface area (Å²) in [5.74, 6) is 0. The molecule has 1 rings (SSSR count). The van der Waals surface area contributed by atoms with Gasteiger partial charge in [-0.1, -0.05) is 11.3 Å². The van der Waals surface area contributed by atoms with Crippen LogP contribution in [-0.2, 0) is 6.54 Å². The second kappa shape index (κ2) is 5.38. The van der Waals surface area contributed by atoms with E-state index in [0.717, 1.165) is 16.9 Å². The zero-order chi connectivity index (χ0) is 12.2. The molecule has 2 N–H and O–H groups in total. The average molecular weight is 244 g/mol. The molecular formula is C10H16N2O3S. The van der Waals surface area contributed by atoms with Gasteiger partial charge in [0.05, 0.1) is 4.92 Å². The maximum Gasteiger partial charge on any atom is 0.324 e. The van der Waals surface area contributed by atoms with E-state index < -0.39 is 0 Å². The van der Waals surface area contributed by atoms with Gasteiger partial charge in [0.1, 0.15) is 0 Å². The van der Waals surface area contributed by atoms with Crippen molar-refractivity contribution in [1.29, 1.82) is 0 Å². The number of aliphatic hydroxyl groups excluding tert-OH is 1. The fourth-order valence-electron chi connectivity index (χ4n) is 1.26. The minimum absolute atomic E-state index is 0.129. The molecule has 0 aliphatic carbocycles. The van der Waals surface area contributed by atoms with Crippen LogP contribution < -0.4 is 5.32 Å². The Balaban J connectivity index is 2.51. The van der Waals surface area contributed by atoms with Gasteiger partial charge in [0.15, 0.2) is 0 Å². The van der Waals surface area contributed by atoms with E-state index in [4.69, 9.17) is 5.11 Å². The number of thiophene rings is 1. The first-order valence-electron chi connectivity index (χ1n) is 5.02. The fourth-order valence-corrected chi connectivity index (χ4v) is 1.99. The Morgan fingerprint density at radius 3 is 2.81 bits per heavy atom. The number of aliphatic hydroxyl groups is 1. The predicted molar refractivity (Wildman–Crippen MR) is 63.6 cm³/mol. The van der Waals surface area contributed by atoms with Gasteiger partial charge in [-0.3, -0.25) is 10.1 Å². The summed E-state index contributed by atoms with van der Waals surface area (Å²) in [7, 11) is 0. The third-order valence-corrected chi connectivity index (χ3v) is 3.26. The van der Waals surface area contributed by atoms with Crippen molar-refractivity contribution in [3.63, 3.8) is 0 Å². The van der Waals surface area contributed by atoms with Crippen LogP contribution >= 0.6 is 11.3 Å². The Hall–Kier alpha value is -0.980. The molecule has 0 aliphatic heterocycles. The fraction of sp³-hybridized carbons (Fsp3) is 0.600. The van der Waals surface area contributed by atoms with E-state index in [2.05, 4.69) is 5.32 Å². The van der Waals surface area contributed by atoms with Gasteiger partial charge in [-0.05, 0) is 25.8 Å². The predicted octanol–water partition coefficient (Wildman–Crippen LogP) is 1.91. The summed E-state index contributed by atoms with van der Waals surface area (Å²) in [4.78, 5) is 10.1. The third-order valence-electron chi connectivity index (χ3n) is 2.33. The van der Waals surface area contributed by atoms with Gasteiger partial charge in [0.2, 0.25) is 0 Å². The first-order valence-corrected chi connectivity index (χ1v) is 5.90. The normalized spacial score (nSPS) is 11.7. The summed E-state index contributed by atoms with van der Waals surface area (Å²) < 4.78 is 0. The summed E-state index contributed by atoms with van der Waals surface area (Å²) in [6, 6.07) is 1.58. The van der Waals surface area contributed by atoms with Crippen molar-refractivity contribution >= 4 is 16.3 Å². The SMILES string of the molecule is CC(C)(CCO)NCc1csc([N+](=O)[O-])c1. The molecule has 0 aliphatic rings. The number of hydrogen-bond acceptors (Lipinski definition) is 5. The second-order valence-electron chi connectivity index (χ2n) is 4.26. The van der Waals surface area contributed by atoms with E-state index in [0.29, 0.717) is 13.0 Å². The lowest BCUT2D eigenvalue weighted by Crippen LogP contribution is -2.39. The Morgan fingerprint density at radius 2 is 2.31 bits per heavy atom. The molecule has 0 bridgehead atoms. The molecule has 1 heterocycles. The molecule has 0 aromatic carbocycles. The van der Waals surface area contributed by atoms with Gasteiger partial charge < -0.3 is 10.4 Å². The highest BCUT2D eigenvalue weighted by atomic mass is 32.1. The standard InChI is InChI=1S/C10H16N2O3S/c1-10(2,3-4-13)11-6-8-5-9(12(14)15)16-7-8/h5,7,11,13H,3-4,6H2,1-2H3. The molecule has 0 spiro atoms. The zero-order valence-corrected chi connectivity index (χ0v) is 10.2. The van der Waals surface area contributed by atoms with Crippen LogP contribution in [-0.4, -0.2) is 22.2 Å². The lowest BCUT2D eigenvalue weighted by Gasteiger charge is -2.25. The van der Waals surface area contributed by atoms with Crippen molar-refractivity contribution in [2.75, 3.05) is 6.61 Å². The Kier molecular flexibility index (Phi) is 4.40. The molecule has 90 valence electrons.